The summed E-state index contributed by atoms with van der Waals surface area (Å²) in [5, 5.41) is 10.2. The van der Waals surface area contributed by atoms with E-state index in [2.05, 4.69) is 33.8 Å². The van der Waals surface area contributed by atoms with Crippen LogP contribution < -0.4 is 0 Å². The molecule has 0 heterocycles. The van der Waals surface area contributed by atoms with E-state index in [-0.39, 0.29) is 6.10 Å². The first-order valence-corrected chi connectivity index (χ1v) is 15.9. The van der Waals surface area contributed by atoms with E-state index in [1.54, 1.807) is 0 Å². The average molecular weight is 375 g/mol. The molecule has 114 valence electrons. The molecule has 0 bridgehead atoms. The van der Waals surface area contributed by atoms with Crippen molar-refractivity contribution < 1.29 is 5.11 Å². The van der Waals surface area contributed by atoms with Crippen LogP contribution in [0.2, 0.25) is 13.3 Å². The van der Waals surface area contributed by atoms with Crippen LogP contribution in [0.5, 0.6) is 0 Å². The molecular formula is C17H36OSn. The van der Waals surface area contributed by atoms with Gasteiger partial charge in [0, 0.05) is 0 Å². The van der Waals surface area contributed by atoms with E-state index in [9.17, 15) is 5.11 Å². The monoisotopic (exact) mass is 376 g/mol. The van der Waals surface area contributed by atoms with Gasteiger partial charge in [0.1, 0.15) is 0 Å². The third-order valence-electron chi connectivity index (χ3n) is 4.40. The molecule has 0 saturated carbocycles. The molecular weight excluding hydrogens is 339 g/mol. The van der Waals surface area contributed by atoms with Gasteiger partial charge in [0.25, 0.3) is 0 Å². The van der Waals surface area contributed by atoms with Gasteiger partial charge in [0.05, 0.1) is 0 Å². The van der Waals surface area contributed by atoms with Gasteiger partial charge in [-0.25, -0.2) is 0 Å². The van der Waals surface area contributed by atoms with Gasteiger partial charge in [0.2, 0.25) is 0 Å². The van der Waals surface area contributed by atoms with Crippen molar-refractivity contribution in [2.24, 2.45) is 0 Å². The normalized spacial score (nSPS) is 14.7. The fourth-order valence-corrected chi connectivity index (χ4v) is 21.1. The number of unbranched alkanes of at least 4 members (excludes halogenated alkanes) is 3. The van der Waals surface area contributed by atoms with Crippen molar-refractivity contribution in [3.63, 3.8) is 0 Å². The Labute approximate surface area is 125 Å². The van der Waals surface area contributed by atoms with E-state index in [1.165, 1.54) is 55.4 Å². The van der Waals surface area contributed by atoms with Gasteiger partial charge < -0.3 is 0 Å². The van der Waals surface area contributed by atoms with E-state index in [1.807, 2.05) is 6.92 Å². The van der Waals surface area contributed by atoms with Crippen molar-refractivity contribution in [3.8, 4) is 0 Å². The molecule has 1 atom stereocenters. The number of hydrogen-bond acceptors (Lipinski definition) is 1. The molecule has 0 spiro atoms. The molecule has 1 nitrogen and oxygen atoms in total. The summed E-state index contributed by atoms with van der Waals surface area (Å²) >= 11 is -2.31. The van der Waals surface area contributed by atoms with E-state index in [4.69, 9.17) is 0 Å². The summed E-state index contributed by atoms with van der Waals surface area (Å²) in [5.74, 6) is 0. The van der Waals surface area contributed by atoms with Gasteiger partial charge in [0.15, 0.2) is 0 Å². The third kappa shape index (κ3) is 6.66. The first-order valence-electron chi connectivity index (χ1n) is 8.42. The molecule has 19 heavy (non-hydrogen) atoms. The summed E-state index contributed by atoms with van der Waals surface area (Å²) in [6.07, 6.45) is 10.1. The Morgan fingerprint density at radius 1 is 0.947 bits per heavy atom. The summed E-state index contributed by atoms with van der Waals surface area (Å²) in [4.78, 5) is 0. The Hall–Kier alpha value is 0.499. The molecule has 0 amide bonds. The van der Waals surface area contributed by atoms with E-state index in [0.717, 1.165) is 0 Å². The molecule has 0 rings (SSSR count). The Balaban J connectivity index is 5.17. The molecule has 0 aliphatic carbocycles. The van der Waals surface area contributed by atoms with E-state index < -0.39 is 18.4 Å². The number of hydrogen-bond donors (Lipinski definition) is 1. The SMILES string of the molecule is C/C=[C](\C(C)O)[Sn]([CH2]CCC)([CH2]CCC)[CH2]CCC. The predicted molar refractivity (Wildman–Crippen MR) is 90.3 cm³/mol. The van der Waals surface area contributed by atoms with Crippen LogP contribution in [0, 0.1) is 0 Å². The summed E-state index contributed by atoms with van der Waals surface area (Å²) in [6, 6.07) is 0. The summed E-state index contributed by atoms with van der Waals surface area (Å²) < 4.78 is 5.87. The molecule has 0 aromatic rings. The second-order valence-electron chi connectivity index (χ2n) is 6.01. The van der Waals surface area contributed by atoms with Crippen molar-refractivity contribution in [1.82, 2.24) is 0 Å². The zero-order valence-corrected chi connectivity index (χ0v) is 16.8. The Morgan fingerprint density at radius 3 is 1.53 bits per heavy atom. The van der Waals surface area contributed by atoms with Crippen LogP contribution in [0.3, 0.4) is 0 Å². The van der Waals surface area contributed by atoms with Gasteiger partial charge in [-0.15, -0.1) is 0 Å². The minimum atomic E-state index is -2.31. The van der Waals surface area contributed by atoms with Gasteiger partial charge in [-0.05, 0) is 0 Å². The van der Waals surface area contributed by atoms with E-state index in [0.29, 0.717) is 0 Å². The molecule has 2 heteroatoms. The van der Waals surface area contributed by atoms with Crippen LogP contribution in [-0.4, -0.2) is 29.6 Å². The van der Waals surface area contributed by atoms with Crippen LogP contribution in [-0.2, 0) is 0 Å². The van der Waals surface area contributed by atoms with Crippen molar-refractivity contribution in [1.29, 1.82) is 0 Å². The predicted octanol–water partition coefficient (Wildman–Crippen LogP) is 5.70. The van der Waals surface area contributed by atoms with Crippen LogP contribution in [0.25, 0.3) is 0 Å². The molecule has 0 aliphatic heterocycles. The Morgan fingerprint density at radius 2 is 1.32 bits per heavy atom. The zero-order chi connectivity index (χ0) is 14.7. The summed E-state index contributed by atoms with van der Waals surface area (Å²) in [7, 11) is 0. The Kier molecular flexibility index (Phi) is 11.5. The summed E-state index contributed by atoms with van der Waals surface area (Å²) in [6.45, 7) is 11.0. The van der Waals surface area contributed by atoms with Gasteiger partial charge >= 0.3 is 126 Å². The molecule has 0 aromatic heterocycles. The van der Waals surface area contributed by atoms with Gasteiger partial charge in [-0.1, -0.05) is 0 Å². The standard InChI is InChI=1S/C5H9O.3C4H9.Sn/c1-3-4-5(2)6;3*1-3-4-2;/h3,5-6H,1-2H3;3*1,3-4H2,2H3;. The zero-order valence-electron chi connectivity index (χ0n) is 14.0. The number of allylic oxidation sites excluding steroid dienone is 1. The van der Waals surface area contributed by atoms with Crippen LogP contribution >= 0.6 is 0 Å². The third-order valence-corrected chi connectivity index (χ3v) is 21.1. The molecule has 1 N–H and O–H groups in total. The van der Waals surface area contributed by atoms with Crippen LogP contribution in [0.4, 0.5) is 0 Å². The molecule has 0 fully saturated rings. The molecule has 0 radical (unpaired) electrons. The molecule has 1 unspecified atom stereocenters. The fourth-order valence-electron chi connectivity index (χ4n) is 3.34. The number of aliphatic hydroxyl groups is 1. The molecule has 0 aliphatic rings. The van der Waals surface area contributed by atoms with Gasteiger partial charge in [-0.2, -0.15) is 0 Å². The number of aliphatic hydroxyl groups excluding tert-OH is 1. The quantitative estimate of drug-likeness (QED) is 0.459. The van der Waals surface area contributed by atoms with Gasteiger partial charge in [-0.3, -0.25) is 0 Å². The van der Waals surface area contributed by atoms with Crippen molar-refractivity contribution >= 4 is 18.4 Å². The Bertz CT molecular complexity index is 224. The molecule has 0 saturated heterocycles. The maximum absolute atomic E-state index is 10.2. The first kappa shape index (κ1) is 19.5. The fraction of sp³-hybridized carbons (Fsp3) is 0.882. The maximum atomic E-state index is 10.2. The van der Waals surface area contributed by atoms with E-state index >= 15 is 0 Å². The number of rotatable bonds is 11. The second kappa shape index (κ2) is 11.2. The minimum absolute atomic E-state index is 0.202. The van der Waals surface area contributed by atoms with Crippen molar-refractivity contribution in [2.45, 2.75) is 92.6 Å². The first-order chi connectivity index (χ1) is 9.07. The van der Waals surface area contributed by atoms with Crippen LogP contribution in [0.1, 0.15) is 73.1 Å². The second-order valence-corrected chi connectivity index (χ2v) is 19.2. The molecule has 0 aromatic carbocycles. The van der Waals surface area contributed by atoms with Crippen molar-refractivity contribution in [2.75, 3.05) is 0 Å². The van der Waals surface area contributed by atoms with Crippen LogP contribution in [0.15, 0.2) is 9.67 Å². The topological polar surface area (TPSA) is 20.2 Å². The average Bonchev–Trinajstić information content (AvgIpc) is 2.40. The summed E-state index contributed by atoms with van der Waals surface area (Å²) in [5.41, 5.74) is 0. The van der Waals surface area contributed by atoms with Crippen molar-refractivity contribution in [3.05, 3.63) is 9.67 Å².